The predicted octanol–water partition coefficient (Wildman–Crippen LogP) is 1.53. The maximum absolute atomic E-state index is 12.1. The van der Waals surface area contributed by atoms with Crippen LogP contribution in [0.2, 0.25) is 0 Å². The molecule has 0 radical (unpaired) electrons. The molecule has 21 heavy (non-hydrogen) atoms. The zero-order chi connectivity index (χ0) is 14.9. The number of aryl methyl sites for hydroxylation is 2. The van der Waals surface area contributed by atoms with Crippen molar-refractivity contribution in [3.05, 3.63) is 17.5 Å². The van der Waals surface area contributed by atoms with Crippen molar-refractivity contribution in [2.75, 3.05) is 13.2 Å². The standard InChI is InChI=1S/C15H23N3O3/c1-11-8-13(18(2)17-11)14(19)16-9-12-10-20-15(21-12)6-4-3-5-7-15/h8,12H,3-7,9-10H2,1-2H3,(H,16,19). The van der Waals surface area contributed by atoms with E-state index in [0.717, 1.165) is 31.4 Å². The monoisotopic (exact) mass is 293 g/mol. The normalized spacial score (nSPS) is 24.4. The highest BCUT2D eigenvalue weighted by atomic mass is 16.7. The number of aromatic nitrogens is 2. The van der Waals surface area contributed by atoms with E-state index >= 15 is 0 Å². The first-order valence-corrected chi connectivity index (χ1v) is 7.69. The van der Waals surface area contributed by atoms with E-state index in [2.05, 4.69) is 10.4 Å². The fraction of sp³-hybridized carbons (Fsp3) is 0.733. The smallest absolute Gasteiger partial charge is 0.269 e. The number of carbonyl (C=O) groups excluding carboxylic acids is 1. The summed E-state index contributed by atoms with van der Waals surface area (Å²) in [6, 6.07) is 1.78. The van der Waals surface area contributed by atoms with E-state index in [4.69, 9.17) is 9.47 Å². The Morgan fingerprint density at radius 1 is 1.48 bits per heavy atom. The van der Waals surface area contributed by atoms with Crippen LogP contribution >= 0.6 is 0 Å². The second-order valence-corrected chi connectivity index (χ2v) is 6.03. The van der Waals surface area contributed by atoms with Crippen molar-refractivity contribution in [2.45, 2.75) is 50.9 Å². The van der Waals surface area contributed by atoms with Crippen LogP contribution < -0.4 is 5.32 Å². The van der Waals surface area contributed by atoms with Crippen molar-refractivity contribution in [3.8, 4) is 0 Å². The van der Waals surface area contributed by atoms with Gasteiger partial charge in [0.2, 0.25) is 0 Å². The number of rotatable bonds is 3. The molecular formula is C15H23N3O3. The van der Waals surface area contributed by atoms with Crippen LogP contribution in [0.4, 0.5) is 0 Å². The summed E-state index contributed by atoms with van der Waals surface area (Å²) in [5.41, 5.74) is 1.41. The van der Waals surface area contributed by atoms with Crippen molar-refractivity contribution >= 4 is 5.91 Å². The van der Waals surface area contributed by atoms with Gasteiger partial charge >= 0.3 is 0 Å². The van der Waals surface area contributed by atoms with Crippen molar-refractivity contribution < 1.29 is 14.3 Å². The van der Waals surface area contributed by atoms with Gasteiger partial charge < -0.3 is 14.8 Å². The molecule has 0 bridgehead atoms. The lowest BCUT2D eigenvalue weighted by Gasteiger charge is -2.31. The minimum Gasteiger partial charge on any atom is -0.348 e. The van der Waals surface area contributed by atoms with Crippen LogP contribution in [0.25, 0.3) is 0 Å². The maximum Gasteiger partial charge on any atom is 0.269 e. The van der Waals surface area contributed by atoms with Gasteiger partial charge in [-0.15, -0.1) is 0 Å². The van der Waals surface area contributed by atoms with Gasteiger partial charge in [-0.05, 0) is 25.8 Å². The summed E-state index contributed by atoms with van der Waals surface area (Å²) in [5.74, 6) is -0.497. The fourth-order valence-corrected chi connectivity index (χ4v) is 3.19. The summed E-state index contributed by atoms with van der Waals surface area (Å²) in [5, 5.41) is 7.09. The summed E-state index contributed by atoms with van der Waals surface area (Å²) in [7, 11) is 1.77. The number of nitrogens with zero attached hydrogens (tertiary/aromatic N) is 2. The number of hydrogen-bond donors (Lipinski definition) is 1. The average molecular weight is 293 g/mol. The number of amides is 1. The molecule has 1 spiro atoms. The molecule has 1 unspecified atom stereocenters. The van der Waals surface area contributed by atoms with Crippen LogP contribution in [-0.2, 0) is 16.5 Å². The summed E-state index contributed by atoms with van der Waals surface area (Å²) >= 11 is 0. The topological polar surface area (TPSA) is 65.4 Å². The fourth-order valence-electron chi connectivity index (χ4n) is 3.19. The largest absolute Gasteiger partial charge is 0.348 e. The molecule has 1 aliphatic carbocycles. The third-order valence-corrected chi connectivity index (χ3v) is 4.25. The summed E-state index contributed by atoms with van der Waals surface area (Å²) < 4.78 is 13.5. The van der Waals surface area contributed by atoms with E-state index in [-0.39, 0.29) is 17.8 Å². The first kappa shape index (κ1) is 14.5. The zero-order valence-corrected chi connectivity index (χ0v) is 12.7. The molecule has 6 nitrogen and oxygen atoms in total. The van der Waals surface area contributed by atoms with Crippen LogP contribution in [0, 0.1) is 6.92 Å². The van der Waals surface area contributed by atoms with Gasteiger partial charge in [0.05, 0.1) is 12.3 Å². The summed E-state index contributed by atoms with van der Waals surface area (Å²) in [4.78, 5) is 12.1. The highest BCUT2D eigenvalue weighted by Crippen LogP contribution is 2.37. The van der Waals surface area contributed by atoms with E-state index in [1.54, 1.807) is 17.8 Å². The molecule has 2 fully saturated rings. The Labute approximate surface area is 124 Å². The third-order valence-electron chi connectivity index (χ3n) is 4.25. The van der Waals surface area contributed by atoms with Crippen LogP contribution in [0.15, 0.2) is 6.07 Å². The van der Waals surface area contributed by atoms with E-state index in [9.17, 15) is 4.79 Å². The van der Waals surface area contributed by atoms with Gasteiger partial charge in [0.15, 0.2) is 5.79 Å². The Balaban J connectivity index is 1.52. The summed E-state index contributed by atoms with van der Waals surface area (Å²) in [6.45, 7) is 2.91. The van der Waals surface area contributed by atoms with Crippen molar-refractivity contribution in [1.82, 2.24) is 15.1 Å². The molecule has 1 saturated heterocycles. The second-order valence-electron chi connectivity index (χ2n) is 6.03. The Morgan fingerprint density at radius 3 is 2.90 bits per heavy atom. The molecule has 2 heterocycles. The molecule has 6 heteroatoms. The molecule has 2 aliphatic rings. The molecule has 1 saturated carbocycles. The van der Waals surface area contributed by atoms with Gasteiger partial charge in [0.1, 0.15) is 11.8 Å². The lowest BCUT2D eigenvalue weighted by molar-refractivity contribution is -0.186. The van der Waals surface area contributed by atoms with Crippen LogP contribution in [-0.4, -0.2) is 40.7 Å². The van der Waals surface area contributed by atoms with Gasteiger partial charge in [-0.1, -0.05) is 6.42 Å². The van der Waals surface area contributed by atoms with E-state index in [0.29, 0.717) is 18.8 Å². The molecule has 1 amide bonds. The number of nitrogens with one attached hydrogen (secondary N) is 1. The van der Waals surface area contributed by atoms with Crippen LogP contribution in [0.5, 0.6) is 0 Å². The Morgan fingerprint density at radius 2 is 2.24 bits per heavy atom. The van der Waals surface area contributed by atoms with Crippen LogP contribution in [0.3, 0.4) is 0 Å². The predicted molar refractivity (Wildman–Crippen MR) is 76.9 cm³/mol. The molecule has 116 valence electrons. The molecule has 3 rings (SSSR count). The molecular weight excluding hydrogens is 270 g/mol. The first-order chi connectivity index (χ1) is 10.1. The van der Waals surface area contributed by atoms with E-state index in [1.807, 2.05) is 6.92 Å². The SMILES string of the molecule is Cc1cc(C(=O)NCC2COC3(CCCCC3)O2)n(C)n1. The molecule has 1 N–H and O–H groups in total. The Kier molecular flexibility index (Phi) is 3.99. The van der Waals surface area contributed by atoms with E-state index < -0.39 is 0 Å². The molecule has 1 aromatic rings. The zero-order valence-electron chi connectivity index (χ0n) is 12.7. The van der Waals surface area contributed by atoms with Gasteiger partial charge in [-0.2, -0.15) is 5.10 Å². The minimum atomic E-state index is -0.378. The average Bonchev–Trinajstić information content (AvgIpc) is 3.01. The molecule has 1 aliphatic heterocycles. The molecule has 1 aromatic heterocycles. The van der Waals surface area contributed by atoms with Gasteiger partial charge in [0, 0.05) is 26.4 Å². The van der Waals surface area contributed by atoms with E-state index in [1.165, 1.54) is 6.42 Å². The highest BCUT2D eigenvalue weighted by Gasteiger charge is 2.42. The van der Waals surface area contributed by atoms with Crippen molar-refractivity contribution in [1.29, 1.82) is 0 Å². The Bertz CT molecular complexity index is 520. The van der Waals surface area contributed by atoms with Crippen molar-refractivity contribution in [2.24, 2.45) is 7.05 Å². The minimum absolute atomic E-state index is 0.0543. The molecule has 1 atom stereocenters. The molecule has 0 aromatic carbocycles. The van der Waals surface area contributed by atoms with Crippen LogP contribution in [0.1, 0.15) is 48.3 Å². The lowest BCUT2D eigenvalue weighted by atomic mass is 9.94. The second kappa shape index (κ2) is 5.77. The van der Waals surface area contributed by atoms with Gasteiger partial charge in [0.25, 0.3) is 5.91 Å². The third kappa shape index (κ3) is 3.11. The first-order valence-electron chi connectivity index (χ1n) is 7.69. The maximum atomic E-state index is 12.1. The number of ether oxygens (including phenoxy) is 2. The summed E-state index contributed by atoms with van der Waals surface area (Å²) in [6.07, 6.45) is 5.47. The number of hydrogen-bond acceptors (Lipinski definition) is 4. The number of carbonyl (C=O) groups is 1. The quantitative estimate of drug-likeness (QED) is 0.918. The Hall–Kier alpha value is -1.40. The lowest BCUT2D eigenvalue weighted by Crippen LogP contribution is -2.37. The van der Waals surface area contributed by atoms with Gasteiger partial charge in [-0.3, -0.25) is 9.48 Å². The van der Waals surface area contributed by atoms with Gasteiger partial charge in [-0.25, -0.2) is 0 Å². The highest BCUT2D eigenvalue weighted by molar-refractivity contribution is 5.92. The van der Waals surface area contributed by atoms with Crippen molar-refractivity contribution in [3.63, 3.8) is 0 Å².